The molecule has 0 atom stereocenters. The highest BCUT2D eigenvalue weighted by molar-refractivity contribution is 14.0. The summed E-state index contributed by atoms with van der Waals surface area (Å²) in [5, 5.41) is 6.64. The van der Waals surface area contributed by atoms with Gasteiger partial charge in [0.05, 0.1) is 13.2 Å². The molecule has 3 rings (SSSR count). The Labute approximate surface area is 207 Å². The minimum absolute atomic E-state index is 0. The number of ether oxygens (including phenoxy) is 3. The highest BCUT2D eigenvalue weighted by atomic mass is 127. The van der Waals surface area contributed by atoms with Gasteiger partial charge in [-0.05, 0) is 32.9 Å². The van der Waals surface area contributed by atoms with Gasteiger partial charge in [-0.15, -0.1) is 24.0 Å². The number of fused-ring (bicyclic) bond motifs is 1. The van der Waals surface area contributed by atoms with Crippen LogP contribution in [0, 0.1) is 0 Å². The van der Waals surface area contributed by atoms with Crippen molar-refractivity contribution in [2.75, 3.05) is 64.8 Å². The minimum Gasteiger partial charge on any atom is -0.490 e. The Morgan fingerprint density at radius 3 is 2.47 bits per heavy atom. The number of amides is 1. The average Bonchev–Trinajstić information content (AvgIpc) is 2.97. The summed E-state index contributed by atoms with van der Waals surface area (Å²) < 4.78 is 16.9. The number of hydrogen-bond donors (Lipinski definition) is 2. The lowest BCUT2D eigenvalue weighted by Gasteiger charge is -2.35. The van der Waals surface area contributed by atoms with Crippen molar-refractivity contribution in [3.05, 3.63) is 18.2 Å². The third-order valence-corrected chi connectivity index (χ3v) is 4.98. The fourth-order valence-electron chi connectivity index (χ4n) is 3.37. The zero-order valence-corrected chi connectivity index (χ0v) is 21.8. The number of hydrogen-bond acceptors (Lipinski definition) is 6. The number of rotatable bonds is 4. The molecule has 32 heavy (non-hydrogen) atoms. The SMILES string of the molecule is CN=C(NCCN1CCN(C(=O)OC(C)(C)C)CC1)Nc1ccc2c(c1)OCCCO2.I. The Kier molecular flexibility index (Phi) is 10.1. The van der Waals surface area contributed by atoms with E-state index in [9.17, 15) is 4.79 Å². The van der Waals surface area contributed by atoms with Crippen molar-refractivity contribution < 1.29 is 19.0 Å². The van der Waals surface area contributed by atoms with E-state index in [4.69, 9.17) is 14.2 Å². The summed E-state index contributed by atoms with van der Waals surface area (Å²) in [6.07, 6.45) is 0.650. The van der Waals surface area contributed by atoms with E-state index in [1.807, 2.05) is 39.0 Å². The van der Waals surface area contributed by atoms with Crippen LogP contribution in [-0.2, 0) is 4.74 Å². The maximum atomic E-state index is 12.2. The number of aliphatic imine (C=N–C) groups is 1. The molecule has 2 heterocycles. The molecule has 0 radical (unpaired) electrons. The molecular formula is C22H36IN5O4. The summed E-state index contributed by atoms with van der Waals surface area (Å²) in [4.78, 5) is 20.6. The van der Waals surface area contributed by atoms with E-state index in [0.29, 0.717) is 32.3 Å². The number of nitrogens with one attached hydrogen (secondary N) is 2. The normalized spacial score (nSPS) is 17.1. The van der Waals surface area contributed by atoms with E-state index in [1.165, 1.54) is 0 Å². The van der Waals surface area contributed by atoms with Crippen molar-refractivity contribution in [3.8, 4) is 11.5 Å². The lowest BCUT2D eigenvalue weighted by Crippen LogP contribution is -2.51. The highest BCUT2D eigenvalue weighted by Gasteiger charge is 2.25. The Hall–Kier alpha value is -1.95. The fourth-order valence-corrected chi connectivity index (χ4v) is 3.37. The summed E-state index contributed by atoms with van der Waals surface area (Å²) in [7, 11) is 1.75. The van der Waals surface area contributed by atoms with Gasteiger partial charge < -0.3 is 29.7 Å². The molecule has 0 unspecified atom stereocenters. The van der Waals surface area contributed by atoms with Crippen LogP contribution in [0.2, 0.25) is 0 Å². The molecule has 1 aromatic rings. The van der Waals surface area contributed by atoms with Crippen LogP contribution < -0.4 is 20.1 Å². The van der Waals surface area contributed by atoms with Crippen LogP contribution in [0.5, 0.6) is 11.5 Å². The maximum Gasteiger partial charge on any atom is 0.410 e. The average molecular weight is 561 g/mol. The monoisotopic (exact) mass is 561 g/mol. The predicted octanol–water partition coefficient (Wildman–Crippen LogP) is 3.01. The molecule has 0 aliphatic carbocycles. The van der Waals surface area contributed by atoms with Crippen LogP contribution in [0.3, 0.4) is 0 Å². The minimum atomic E-state index is -0.461. The molecule has 1 fully saturated rings. The van der Waals surface area contributed by atoms with Gasteiger partial charge in [-0.2, -0.15) is 0 Å². The number of halogens is 1. The first kappa shape index (κ1) is 26.3. The van der Waals surface area contributed by atoms with Gasteiger partial charge >= 0.3 is 6.09 Å². The second-order valence-electron chi connectivity index (χ2n) is 8.65. The van der Waals surface area contributed by atoms with Gasteiger partial charge in [0.1, 0.15) is 5.60 Å². The Morgan fingerprint density at radius 1 is 1.12 bits per heavy atom. The van der Waals surface area contributed by atoms with Crippen molar-refractivity contribution in [1.29, 1.82) is 0 Å². The van der Waals surface area contributed by atoms with Crippen LogP contribution in [0.4, 0.5) is 10.5 Å². The standard InChI is InChI=1S/C22H35N5O4.HI/c1-22(2,3)31-21(28)27-12-10-26(11-13-27)9-8-24-20(23-4)25-17-6-7-18-19(16-17)30-15-5-14-29-18;/h6-7,16H,5,8-15H2,1-4H3,(H2,23,24,25);1H. The smallest absolute Gasteiger partial charge is 0.410 e. The molecule has 2 aliphatic heterocycles. The number of carbonyl (C=O) groups is 1. The third-order valence-electron chi connectivity index (χ3n) is 4.98. The van der Waals surface area contributed by atoms with Gasteiger partial charge in [-0.3, -0.25) is 9.89 Å². The number of anilines is 1. The third kappa shape index (κ3) is 8.19. The Morgan fingerprint density at radius 2 is 1.81 bits per heavy atom. The van der Waals surface area contributed by atoms with E-state index >= 15 is 0 Å². The molecule has 0 aromatic heterocycles. The molecule has 1 amide bonds. The predicted molar refractivity (Wildman–Crippen MR) is 137 cm³/mol. The zero-order chi connectivity index (χ0) is 22.3. The van der Waals surface area contributed by atoms with Crippen molar-refractivity contribution >= 4 is 41.7 Å². The van der Waals surface area contributed by atoms with Crippen LogP contribution >= 0.6 is 24.0 Å². The quantitative estimate of drug-likeness (QED) is 0.332. The summed E-state index contributed by atoms with van der Waals surface area (Å²) in [6, 6.07) is 5.81. The number of nitrogens with zero attached hydrogens (tertiary/aromatic N) is 3. The van der Waals surface area contributed by atoms with E-state index < -0.39 is 5.60 Å². The van der Waals surface area contributed by atoms with Crippen LogP contribution in [0.25, 0.3) is 0 Å². The van der Waals surface area contributed by atoms with Crippen molar-refractivity contribution in [2.24, 2.45) is 4.99 Å². The molecule has 10 heteroatoms. The van der Waals surface area contributed by atoms with Crippen molar-refractivity contribution in [3.63, 3.8) is 0 Å². The summed E-state index contributed by atoms with van der Waals surface area (Å²) in [6.45, 7) is 11.6. The van der Waals surface area contributed by atoms with Gasteiger partial charge in [0.15, 0.2) is 17.5 Å². The van der Waals surface area contributed by atoms with Crippen LogP contribution in [-0.4, -0.2) is 87.0 Å². The molecular weight excluding hydrogens is 525 g/mol. The van der Waals surface area contributed by atoms with Gasteiger partial charge in [-0.25, -0.2) is 4.79 Å². The molecule has 0 saturated carbocycles. The lowest BCUT2D eigenvalue weighted by molar-refractivity contribution is 0.0147. The molecule has 2 N–H and O–H groups in total. The molecule has 2 aliphatic rings. The van der Waals surface area contributed by atoms with Gasteiger partial charge in [0.25, 0.3) is 0 Å². The molecule has 0 bridgehead atoms. The summed E-state index contributed by atoms with van der Waals surface area (Å²) >= 11 is 0. The Balaban J connectivity index is 0.00000363. The topological polar surface area (TPSA) is 87.7 Å². The van der Waals surface area contributed by atoms with Gasteiger partial charge in [0, 0.05) is 64.5 Å². The molecule has 1 aromatic carbocycles. The lowest BCUT2D eigenvalue weighted by atomic mass is 10.2. The van der Waals surface area contributed by atoms with Crippen LogP contribution in [0.1, 0.15) is 27.2 Å². The first-order valence-electron chi connectivity index (χ1n) is 10.9. The first-order valence-corrected chi connectivity index (χ1v) is 10.9. The van der Waals surface area contributed by atoms with Gasteiger partial charge in [-0.1, -0.05) is 0 Å². The van der Waals surface area contributed by atoms with E-state index in [2.05, 4.69) is 20.5 Å². The van der Waals surface area contributed by atoms with E-state index in [0.717, 1.165) is 49.8 Å². The number of carbonyl (C=O) groups excluding carboxylic acids is 1. The zero-order valence-electron chi connectivity index (χ0n) is 19.5. The van der Waals surface area contributed by atoms with Crippen molar-refractivity contribution in [1.82, 2.24) is 15.1 Å². The second-order valence-corrected chi connectivity index (χ2v) is 8.65. The number of guanidine groups is 1. The summed E-state index contributed by atoms with van der Waals surface area (Å²) in [5.74, 6) is 2.22. The molecule has 180 valence electrons. The van der Waals surface area contributed by atoms with Gasteiger partial charge in [0.2, 0.25) is 0 Å². The maximum absolute atomic E-state index is 12.2. The number of benzene rings is 1. The Bertz CT molecular complexity index is 776. The van der Waals surface area contributed by atoms with E-state index in [-0.39, 0.29) is 30.1 Å². The fraction of sp³-hybridized carbons (Fsp3) is 0.636. The largest absolute Gasteiger partial charge is 0.490 e. The number of piperazine rings is 1. The van der Waals surface area contributed by atoms with Crippen LogP contribution in [0.15, 0.2) is 23.2 Å². The molecule has 1 saturated heterocycles. The molecule has 0 spiro atoms. The summed E-state index contributed by atoms with van der Waals surface area (Å²) in [5.41, 5.74) is 0.431. The second kappa shape index (κ2) is 12.3. The first-order chi connectivity index (χ1) is 14.8. The van der Waals surface area contributed by atoms with E-state index in [1.54, 1.807) is 11.9 Å². The highest BCUT2D eigenvalue weighted by Crippen LogP contribution is 2.32. The van der Waals surface area contributed by atoms with Crippen molar-refractivity contribution in [2.45, 2.75) is 32.8 Å². The molecule has 9 nitrogen and oxygen atoms in total.